The molecule has 0 saturated carbocycles. The lowest BCUT2D eigenvalue weighted by atomic mass is 10.1. The first kappa shape index (κ1) is 17.8. The number of ketones is 1. The number of nitrogens with one attached hydrogen (secondary N) is 1. The summed E-state index contributed by atoms with van der Waals surface area (Å²) in [6, 6.07) is 15.3. The molecular formula is C20H17ClN4OS. The molecule has 136 valence electrons. The lowest BCUT2D eigenvalue weighted by Gasteiger charge is -2.11. The number of fused-ring (bicyclic) bond motifs is 1. The van der Waals surface area contributed by atoms with Crippen molar-refractivity contribution in [1.82, 2.24) is 19.7 Å². The maximum Gasteiger partial charge on any atom is 0.196 e. The number of aromatic amines is 1. The van der Waals surface area contributed by atoms with Crippen LogP contribution < -0.4 is 0 Å². The quantitative estimate of drug-likeness (QED) is 0.377. The standard InChI is InChI=1S/C20H17ClN4OS/c1-12-18(16-8-3-4-9-17(16)23-12)19(26)13(2)27-20-24-22-11-25(20)15-7-5-6-14(21)10-15/h3-11,13,23H,1-2H3. The Kier molecular flexibility index (Phi) is 4.76. The van der Waals surface area contributed by atoms with Gasteiger partial charge in [-0.15, -0.1) is 10.2 Å². The second kappa shape index (κ2) is 7.21. The maximum absolute atomic E-state index is 13.1. The molecule has 0 aliphatic carbocycles. The average molecular weight is 397 g/mol. The van der Waals surface area contributed by atoms with Gasteiger partial charge in [0.05, 0.1) is 10.9 Å². The van der Waals surface area contributed by atoms with Crippen LogP contribution in [0.1, 0.15) is 23.0 Å². The Hall–Kier alpha value is -2.57. The number of aryl methyl sites for hydroxylation is 1. The van der Waals surface area contributed by atoms with Crippen molar-refractivity contribution < 1.29 is 4.79 Å². The van der Waals surface area contributed by atoms with Gasteiger partial charge in [-0.1, -0.05) is 47.6 Å². The van der Waals surface area contributed by atoms with Gasteiger partial charge in [0.2, 0.25) is 0 Å². The summed E-state index contributed by atoms with van der Waals surface area (Å²) in [5.74, 6) is 0.0654. The summed E-state index contributed by atoms with van der Waals surface area (Å²) in [6.07, 6.45) is 1.63. The van der Waals surface area contributed by atoms with Gasteiger partial charge in [-0.25, -0.2) is 0 Å². The van der Waals surface area contributed by atoms with Gasteiger partial charge in [0.1, 0.15) is 6.33 Å². The molecular weight excluding hydrogens is 380 g/mol. The van der Waals surface area contributed by atoms with Crippen LogP contribution in [0.4, 0.5) is 0 Å². The molecule has 5 nitrogen and oxygen atoms in total. The molecule has 0 aliphatic rings. The number of para-hydroxylation sites is 1. The van der Waals surface area contributed by atoms with Crippen LogP contribution in [0, 0.1) is 6.92 Å². The Morgan fingerprint density at radius 1 is 1.22 bits per heavy atom. The number of aromatic nitrogens is 4. The van der Waals surface area contributed by atoms with E-state index in [2.05, 4.69) is 15.2 Å². The number of rotatable bonds is 5. The minimum Gasteiger partial charge on any atom is -0.358 e. The SMILES string of the molecule is Cc1[nH]c2ccccc2c1C(=O)C(C)Sc1nncn1-c1cccc(Cl)c1. The molecule has 1 N–H and O–H groups in total. The molecule has 0 fully saturated rings. The minimum absolute atomic E-state index is 0.0654. The van der Waals surface area contributed by atoms with Gasteiger partial charge in [-0.05, 0) is 38.1 Å². The van der Waals surface area contributed by atoms with Crippen molar-refractivity contribution in [1.29, 1.82) is 0 Å². The van der Waals surface area contributed by atoms with Crippen LogP contribution in [-0.4, -0.2) is 30.8 Å². The minimum atomic E-state index is -0.315. The van der Waals surface area contributed by atoms with Crippen LogP contribution in [0.3, 0.4) is 0 Å². The van der Waals surface area contributed by atoms with Gasteiger partial charge in [0.25, 0.3) is 0 Å². The van der Waals surface area contributed by atoms with Gasteiger partial charge >= 0.3 is 0 Å². The Morgan fingerprint density at radius 3 is 2.85 bits per heavy atom. The highest BCUT2D eigenvalue weighted by Gasteiger charge is 2.24. The second-order valence-corrected chi connectivity index (χ2v) is 8.00. The molecule has 7 heteroatoms. The number of nitrogens with zero attached hydrogens (tertiary/aromatic N) is 3. The third-order valence-corrected chi connectivity index (χ3v) is 5.69. The fraction of sp³-hybridized carbons (Fsp3) is 0.150. The van der Waals surface area contributed by atoms with Crippen LogP contribution in [0.15, 0.2) is 60.0 Å². The summed E-state index contributed by atoms with van der Waals surface area (Å²) in [6.45, 7) is 3.82. The molecule has 0 amide bonds. The average Bonchev–Trinajstić information content (AvgIpc) is 3.24. The monoisotopic (exact) mass is 396 g/mol. The molecule has 0 aliphatic heterocycles. The zero-order chi connectivity index (χ0) is 19.0. The first-order valence-corrected chi connectivity index (χ1v) is 9.74. The first-order chi connectivity index (χ1) is 13.0. The third kappa shape index (κ3) is 3.38. The highest BCUT2D eigenvalue weighted by molar-refractivity contribution is 8.00. The Balaban J connectivity index is 1.63. The van der Waals surface area contributed by atoms with E-state index in [1.165, 1.54) is 11.8 Å². The maximum atomic E-state index is 13.1. The molecule has 4 rings (SSSR count). The van der Waals surface area contributed by atoms with Crippen molar-refractivity contribution in [3.05, 3.63) is 71.1 Å². The molecule has 2 aromatic carbocycles. The molecule has 0 radical (unpaired) electrons. The van der Waals surface area contributed by atoms with E-state index in [4.69, 9.17) is 11.6 Å². The van der Waals surface area contributed by atoms with Crippen LogP contribution >= 0.6 is 23.4 Å². The number of hydrogen-bond donors (Lipinski definition) is 1. The third-order valence-electron chi connectivity index (χ3n) is 4.39. The largest absolute Gasteiger partial charge is 0.358 e. The summed E-state index contributed by atoms with van der Waals surface area (Å²) >= 11 is 7.48. The number of carbonyl (C=O) groups is 1. The van der Waals surface area contributed by atoms with E-state index in [0.717, 1.165) is 27.8 Å². The van der Waals surface area contributed by atoms with E-state index >= 15 is 0 Å². The highest BCUT2D eigenvalue weighted by Crippen LogP contribution is 2.30. The van der Waals surface area contributed by atoms with E-state index in [9.17, 15) is 4.79 Å². The molecule has 0 saturated heterocycles. The summed E-state index contributed by atoms with van der Waals surface area (Å²) in [5.41, 5.74) is 3.44. The van der Waals surface area contributed by atoms with E-state index < -0.39 is 0 Å². The number of benzene rings is 2. The van der Waals surface area contributed by atoms with E-state index in [0.29, 0.717) is 10.2 Å². The fourth-order valence-electron chi connectivity index (χ4n) is 3.12. The fourth-order valence-corrected chi connectivity index (χ4v) is 4.20. The molecule has 1 unspecified atom stereocenters. The van der Waals surface area contributed by atoms with Crippen molar-refractivity contribution in [2.24, 2.45) is 0 Å². The number of H-pyrrole nitrogens is 1. The Bertz CT molecular complexity index is 1130. The Morgan fingerprint density at radius 2 is 2.04 bits per heavy atom. The summed E-state index contributed by atoms with van der Waals surface area (Å²) in [4.78, 5) is 16.4. The predicted octanol–water partition coefficient (Wildman–Crippen LogP) is 5.07. The number of carbonyl (C=O) groups excluding carboxylic acids is 1. The van der Waals surface area contributed by atoms with E-state index in [-0.39, 0.29) is 11.0 Å². The summed E-state index contributed by atoms with van der Waals surface area (Å²) in [7, 11) is 0. The van der Waals surface area contributed by atoms with E-state index in [1.54, 1.807) is 6.33 Å². The zero-order valence-corrected chi connectivity index (χ0v) is 16.4. The zero-order valence-electron chi connectivity index (χ0n) is 14.8. The van der Waals surface area contributed by atoms with Crippen molar-refractivity contribution in [3.8, 4) is 5.69 Å². The smallest absolute Gasteiger partial charge is 0.196 e. The topological polar surface area (TPSA) is 63.6 Å². The normalized spacial score (nSPS) is 12.4. The van der Waals surface area contributed by atoms with Crippen LogP contribution in [0.2, 0.25) is 5.02 Å². The van der Waals surface area contributed by atoms with Gasteiger partial charge in [-0.2, -0.15) is 0 Å². The summed E-state index contributed by atoms with van der Waals surface area (Å²) < 4.78 is 1.84. The molecule has 0 spiro atoms. The molecule has 4 aromatic rings. The number of halogens is 1. The summed E-state index contributed by atoms with van der Waals surface area (Å²) in [5, 5.41) is 10.1. The molecule has 27 heavy (non-hydrogen) atoms. The van der Waals surface area contributed by atoms with Crippen molar-refractivity contribution >= 4 is 40.0 Å². The van der Waals surface area contributed by atoms with Gasteiger partial charge in [0.15, 0.2) is 10.9 Å². The number of thioether (sulfide) groups is 1. The number of Topliss-reactive ketones (excluding diaryl/α,β-unsaturated/α-hetero) is 1. The van der Waals surface area contributed by atoms with Gasteiger partial charge in [-0.3, -0.25) is 9.36 Å². The van der Waals surface area contributed by atoms with Crippen molar-refractivity contribution in [2.75, 3.05) is 0 Å². The second-order valence-electron chi connectivity index (χ2n) is 6.26. The first-order valence-electron chi connectivity index (χ1n) is 8.48. The van der Waals surface area contributed by atoms with Crippen LogP contribution in [-0.2, 0) is 0 Å². The van der Waals surface area contributed by atoms with Gasteiger partial charge in [0, 0.05) is 27.2 Å². The molecule has 0 bridgehead atoms. The Labute approximate surface area is 165 Å². The van der Waals surface area contributed by atoms with E-state index in [1.807, 2.05) is 66.9 Å². The lowest BCUT2D eigenvalue weighted by molar-refractivity contribution is 0.0995. The predicted molar refractivity (Wildman–Crippen MR) is 109 cm³/mol. The number of hydrogen-bond acceptors (Lipinski definition) is 4. The van der Waals surface area contributed by atoms with Crippen LogP contribution in [0.5, 0.6) is 0 Å². The van der Waals surface area contributed by atoms with Crippen LogP contribution in [0.25, 0.3) is 16.6 Å². The highest BCUT2D eigenvalue weighted by atomic mass is 35.5. The molecule has 1 atom stereocenters. The van der Waals surface area contributed by atoms with Crippen molar-refractivity contribution in [3.63, 3.8) is 0 Å². The molecule has 2 heterocycles. The van der Waals surface area contributed by atoms with Gasteiger partial charge < -0.3 is 4.98 Å². The van der Waals surface area contributed by atoms with Crippen molar-refractivity contribution in [2.45, 2.75) is 24.3 Å². The molecule has 2 aromatic heterocycles. The lowest BCUT2D eigenvalue weighted by Crippen LogP contribution is -2.15.